The van der Waals surface area contributed by atoms with Gasteiger partial charge in [0.15, 0.2) is 0 Å². The third-order valence-corrected chi connectivity index (χ3v) is 1.86. The fraction of sp³-hybridized carbons (Fsp3) is 0.231. The first-order valence-electron chi connectivity index (χ1n) is 5.11. The number of benzene rings is 1. The molecule has 0 unspecified atom stereocenters. The average molecular weight is 249 g/mol. The van der Waals surface area contributed by atoms with Crippen LogP contribution in [-0.4, -0.2) is 17.7 Å². The highest BCUT2D eigenvalue weighted by Gasteiger charge is 1.95. The first kappa shape index (κ1) is 15.2. The Morgan fingerprint density at radius 2 is 2.06 bits per heavy atom. The lowest BCUT2D eigenvalue weighted by molar-refractivity contribution is -0.137. The molecule has 90 valence electrons. The number of thiocarbonyl (C=S) groups is 1. The molecular weight excluding hydrogens is 234 g/mol. The third-order valence-electron chi connectivity index (χ3n) is 1.86. The topological polar surface area (TPSA) is 50.2 Å². The van der Waals surface area contributed by atoms with Crippen LogP contribution in [0.1, 0.15) is 12.0 Å². The number of hydrogen-bond acceptors (Lipinski definition) is 4. The van der Waals surface area contributed by atoms with Crippen LogP contribution in [0.4, 0.5) is 0 Å². The fourth-order valence-electron chi connectivity index (χ4n) is 1.15. The van der Waals surface area contributed by atoms with Crippen molar-refractivity contribution in [3.63, 3.8) is 0 Å². The molecule has 1 aromatic rings. The normalized spacial score (nSPS) is 8.24. The number of aryl methyl sites for hydroxylation is 1. The van der Waals surface area contributed by atoms with Crippen molar-refractivity contribution < 1.29 is 9.53 Å². The van der Waals surface area contributed by atoms with Gasteiger partial charge in [-0.25, -0.2) is 10.2 Å². The first-order valence-corrected chi connectivity index (χ1v) is 5.52. The minimum absolute atomic E-state index is 0.349. The van der Waals surface area contributed by atoms with Crippen molar-refractivity contribution in [2.24, 2.45) is 0 Å². The maximum absolute atomic E-state index is 10.7. The molecule has 1 aromatic carbocycles. The molecule has 0 fully saturated rings. The summed E-state index contributed by atoms with van der Waals surface area (Å²) in [5.74, 6) is -0.349. The summed E-state index contributed by atoms with van der Waals surface area (Å²) in [5, 5.41) is 7.36. The smallest absolute Gasteiger partial charge is 0.330 e. The molecule has 0 aromatic heterocycles. The van der Waals surface area contributed by atoms with Crippen LogP contribution >= 0.6 is 12.2 Å². The zero-order chi connectivity index (χ0) is 12.9. The van der Waals surface area contributed by atoms with Gasteiger partial charge in [0.1, 0.15) is 0 Å². The van der Waals surface area contributed by atoms with Gasteiger partial charge in [0.05, 0.1) is 11.8 Å². The van der Waals surface area contributed by atoms with Crippen LogP contribution in [0.15, 0.2) is 43.0 Å². The number of hydrogen-bond donors (Lipinski definition) is 1. The van der Waals surface area contributed by atoms with Crippen LogP contribution < -0.4 is 0 Å². The van der Waals surface area contributed by atoms with Gasteiger partial charge in [0.25, 0.3) is 0 Å². The van der Waals surface area contributed by atoms with E-state index in [9.17, 15) is 4.79 Å². The molecule has 1 rings (SSSR count). The minimum Gasteiger partial charge on any atom is -0.463 e. The summed E-state index contributed by atoms with van der Waals surface area (Å²) in [6.45, 7) is 3.78. The Kier molecular flexibility index (Phi) is 9.62. The van der Waals surface area contributed by atoms with Crippen molar-refractivity contribution in [3.8, 4) is 0 Å². The number of esters is 1. The van der Waals surface area contributed by atoms with Crippen LogP contribution in [0.5, 0.6) is 0 Å². The van der Waals surface area contributed by atoms with E-state index in [-0.39, 0.29) is 5.97 Å². The van der Waals surface area contributed by atoms with Crippen LogP contribution in [-0.2, 0) is 16.0 Å². The highest BCUT2D eigenvalue weighted by atomic mass is 32.1. The summed E-state index contributed by atoms with van der Waals surface area (Å²) in [7, 11) is 0. The summed E-state index contributed by atoms with van der Waals surface area (Å²) in [6.07, 6.45) is 2.97. The summed E-state index contributed by atoms with van der Waals surface area (Å²) in [6, 6.07) is 10.1. The largest absolute Gasteiger partial charge is 0.463 e. The van der Waals surface area contributed by atoms with Crippen LogP contribution in [0.3, 0.4) is 0 Å². The molecule has 0 aliphatic heterocycles. The monoisotopic (exact) mass is 249 g/mol. The Morgan fingerprint density at radius 3 is 2.59 bits per heavy atom. The van der Waals surface area contributed by atoms with Gasteiger partial charge in [0, 0.05) is 6.08 Å². The summed E-state index contributed by atoms with van der Waals surface area (Å²) < 4.78 is 4.86. The number of carbonyl (C=O) groups excluding carboxylic acids is 1. The van der Waals surface area contributed by atoms with Crippen LogP contribution in [0.25, 0.3) is 0 Å². The predicted molar refractivity (Wildman–Crippen MR) is 71.2 cm³/mol. The molecule has 0 saturated heterocycles. The standard InChI is InChI=1S/C12H14O2.CHNS/c1-2-12(13)14-10-6-9-11-7-4-3-5-8-11;2-1-3/h2-5,7-8H,1,6,9-10H2;2H. The number of nitrogens with one attached hydrogen (secondary N) is 1. The van der Waals surface area contributed by atoms with Gasteiger partial charge < -0.3 is 4.74 Å². The Balaban J connectivity index is 0.000000770. The highest BCUT2D eigenvalue weighted by molar-refractivity contribution is 7.78. The molecule has 0 saturated carbocycles. The molecule has 0 spiro atoms. The zero-order valence-corrected chi connectivity index (χ0v) is 10.3. The molecule has 0 radical (unpaired) electrons. The van der Waals surface area contributed by atoms with Crippen molar-refractivity contribution >= 4 is 23.3 Å². The fourth-order valence-corrected chi connectivity index (χ4v) is 1.15. The average Bonchev–Trinajstić information content (AvgIpc) is 2.36. The van der Waals surface area contributed by atoms with Gasteiger partial charge in [-0.2, -0.15) is 0 Å². The Bertz CT molecular complexity index is 370. The maximum atomic E-state index is 10.7. The van der Waals surface area contributed by atoms with Gasteiger partial charge in [-0.05, 0) is 30.6 Å². The van der Waals surface area contributed by atoms with E-state index in [1.807, 2.05) is 18.2 Å². The highest BCUT2D eigenvalue weighted by Crippen LogP contribution is 2.02. The van der Waals surface area contributed by atoms with Gasteiger partial charge in [-0.3, -0.25) is 0 Å². The number of rotatable bonds is 5. The molecule has 17 heavy (non-hydrogen) atoms. The second-order valence-electron chi connectivity index (χ2n) is 3.06. The van der Waals surface area contributed by atoms with Gasteiger partial charge >= 0.3 is 5.97 Å². The quantitative estimate of drug-likeness (QED) is 0.287. The molecule has 0 atom stereocenters. The lowest BCUT2D eigenvalue weighted by Gasteiger charge is -2.01. The lowest BCUT2D eigenvalue weighted by atomic mass is 10.1. The number of isothiocyanates is 1. The first-order chi connectivity index (χ1) is 8.24. The number of ether oxygens (including phenoxy) is 1. The molecule has 0 bridgehead atoms. The van der Waals surface area contributed by atoms with E-state index in [0.717, 1.165) is 12.8 Å². The van der Waals surface area contributed by atoms with E-state index in [1.165, 1.54) is 11.6 Å². The third kappa shape index (κ3) is 9.18. The van der Waals surface area contributed by atoms with Gasteiger partial charge in [-0.15, -0.1) is 0 Å². The predicted octanol–water partition coefficient (Wildman–Crippen LogP) is 3.02. The van der Waals surface area contributed by atoms with E-state index in [4.69, 9.17) is 10.1 Å². The van der Waals surface area contributed by atoms with Crippen molar-refractivity contribution in [1.29, 1.82) is 5.41 Å². The summed E-state index contributed by atoms with van der Waals surface area (Å²) >= 11 is 3.81. The Labute approximate surface area is 107 Å². The molecule has 0 aliphatic rings. The molecule has 4 heteroatoms. The maximum Gasteiger partial charge on any atom is 0.330 e. The second kappa shape index (κ2) is 10.7. The number of carbonyl (C=O) groups is 1. The van der Waals surface area contributed by atoms with Crippen molar-refractivity contribution in [2.45, 2.75) is 12.8 Å². The van der Waals surface area contributed by atoms with E-state index in [2.05, 4.69) is 30.9 Å². The molecule has 0 amide bonds. The lowest BCUT2D eigenvalue weighted by Crippen LogP contribution is -2.02. The molecule has 1 N–H and O–H groups in total. The van der Waals surface area contributed by atoms with Gasteiger partial charge in [-0.1, -0.05) is 36.9 Å². The molecule has 0 heterocycles. The van der Waals surface area contributed by atoms with Gasteiger partial charge in [0.2, 0.25) is 0 Å². The van der Waals surface area contributed by atoms with E-state index < -0.39 is 0 Å². The van der Waals surface area contributed by atoms with Crippen LogP contribution in [0, 0.1) is 5.41 Å². The summed E-state index contributed by atoms with van der Waals surface area (Å²) in [4.78, 5) is 10.7. The van der Waals surface area contributed by atoms with E-state index in [1.54, 1.807) is 5.16 Å². The Hall–Kier alpha value is -1.77. The molecular formula is C13H15NO2S. The van der Waals surface area contributed by atoms with Crippen molar-refractivity contribution in [1.82, 2.24) is 0 Å². The zero-order valence-electron chi connectivity index (χ0n) is 9.52. The van der Waals surface area contributed by atoms with Crippen molar-refractivity contribution in [3.05, 3.63) is 48.6 Å². The summed E-state index contributed by atoms with van der Waals surface area (Å²) in [5.41, 5.74) is 1.27. The second-order valence-corrected chi connectivity index (χ2v) is 3.27. The minimum atomic E-state index is -0.349. The Morgan fingerprint density at radius 1 is 1.47 bits per heavy atom. The molecule has 3 nitrogen and oxygen atoms in total. The van der Waals surface area contributed by atoms with E-state index >= 15 is 0 Å². The van der Waals surface area contributed by atoms with E-state index in [0.29, 0.717) is 6.61 Å². The van der Waals surface area contributed by atoms with Crippen LogP contribution in [0.2, 0.25) is 0 Å². The molecule has 0 aliphatic carbocycles. The van der Waals surface area contributed by atoms with Crippen molar-refractivity contribution in [2.75, 3.05) is 6.61 Å². The SMILES string of the molecule is C=CC(=O)OCCCc1ccccc1.N=C=S.